The molecule has 2 fully saturated rings. The molecule has 0 unspecified atom stereocenters. The zero-order valence-corrected chi connectivity index (χ0v) is 11.7. The molecule has 1 aromatic rings. The number of aliphatic hydroxyl groups excluding tert-OH is 1. The Hall–Kier alpha value is -1.08. The summed E-state index contributed by atoms with van der Waals surface area (Å²) >= 11 is 1.65. The average Bonchev–Trinajstić information content (AvgIpc) is 2.96. The molecule has 0 radical (unpaired) electrons. The zero-order valence-electron chi connectivity index (χ0n) is 10.9. The summed E-state index contributed by atoms with van der Waals surface area (Å²) in [6.07, 6.45) is 7.78. The molecule has 0 bridgehead atoms. The molecule has 2 heterocycles. The van der Waals surface area contributed by atoms with E-state index in [0.29, 0.717) is 13.1 Å². The maximum absolute atomic E-state index is 12.6. The van der Waals surface area contributed by atoms with Crippen LogP contribution in [0.3, 0.4) is 0 Å². The van der Waals surface area contributed by atoms with Gasteiger partial charge in [-0.3, -0.25) is 4.79 Å². The van der Waals surface area contributed by atoms with Gasteiger partial charge in [-0.15, -0.1) is 16.9 Å². The summed E-state index contributed by atoms with van der Waals surface area (Å²) in [5.74, 6) is 0.174. The van der Waals surface area contributed by atoms with Crippen LogP contribution in [0.2, 0.25) is 0 Å². The second-order valence-corrected chi connectivity index (χ2v) is 6.47. The molecule has 1 saturated carbocycles. The van der Waals surface area contributed by atoms with Crippen molar-refractivity contribution >= 4 is 17.7 Å². The number of aliphatic hydroxyl groups is 1. The minimum atomic E-state index is -0.565. The Kier molecular flexibility index (Phi) is 3.26. The van der Waals surface area contributed by atoms with E-state index in [-0.39, 0.29) is 16.7 Å². The van der Waals surface area contributed by atoms with Gasteiger partial charge in [0, 0.05) is 19.3 Å². The fraction of sp³-hybridized carbons (Fsp3) is 0.750. The summed E-state index contributed by atoms with van der Waals surface area (Å²) in [7, 11) is 0. The summed E-state index contributed by atoms with van der Waals surface area (Å²) in [6, 6.07) is -0.176. The van der Waals surface area contributed by atoms with Crippen LogP contribution in [-0.4, -0.2) is 61.1 Å². The van der Waals surface area contributed by atoms with Gasteiger partial charge < -0.3 is 10.0 Å². The van der Waals surface area contributed by atoms with Crippen LogP contribution in [0.15, 0.2) is 12.4 Å². The first-order valence-corrected chi connectivity index (χ1v) is 7.77. The van der Waals surface area contributed by atoms with Crippen molar-refractivity contribution in [2.45, 2.75) is 36.2 Å². The molecular weight excluding hydrogens is 264 g/mol. The minimum Gasteiger partial charge on any atom is -0.389 e. The number of rotatable bonds is 3. The largest absolute Gasteiger partial charge is 0.389 e. The van der Waals surface area contributed by atoms with Crippen LogP contribution in [0.25, 0.3) is 0 Å². The Balaban J connectivity index is 1.73. The lowest BCUT2D eigenvalue weighted by Gasteiger charge is -2.41. The van der Waals surface area contributed by atoms with Gasteiger partial charge in [-0.2, -0.15) is 0 Å². The summed E-state index contributed by atoms with van der Waals surface area (Å²) in [6.45, 7) is 0.914. The predicted molar refractivity (Wildman–Crippen MR) is 71.7 cm³/mol. The van der Waals surface area contributed by atoms with Crippen molar-refractivity contribution in [3.05, 3.63) is 12.4 Å². The summed E-state index contributed by atoms with van der Waals surface area (Å²) in [5, 5.41) is 17.8. The van der Waals surface area contributed by atoms with Crippen LogP contribution >= 0.6 is 11.8 Å². The molecule has 2 atom stereocenters. The molecule has 7 heteroatoms. The van der Waals surface area contributed by atoms with Crippen molar-refractivity contribution in [2.75, 3.05) is 19.3 Å². The molecule has 0 spiro atoms. The monoisotopic (exact) mass is 282 g/mol. The number of β-amino-alcohol motifs (C(OH)–C–C–N with tert-alkyl or cyclic N) is 1. The van der Waals surface area contributed by atoms with E-state index in [0.717, 1.165) is 19.3 Å². The number of thioether (sulfide) groups is 1. The number of nitrogens with zero attached hydrogens (tertiary/aromatic N) is 4. The molecule has 1 aliphatic heterocycles. The molecule has 3 rings (SSSR count). The fourth-order valence-corrected chi connectivity index (χ4v) is 3.88. The maximum atomic E-state index is 12.6. The lowest BCUT2D eigenvalue weighted by Crippen LogP contribution is -2.50. The van der Waals surface area contributed by atoms with Crippen molar-refractivity contribution in [3.63, 3.8) is 0 Å². The Morgan fingerprint density at radius 3 is 2.79 bits per heavy atom. The van der Waals surface area contributed by atoms with Gasteiger partial charge in [0.05, 0.1) is 23.1 Å². The highest BCUT2D eigenvalue weighted by molar-refractivity contribution is 8.00. The molecular formula is C12H18N4O2S. The number of carbonyl (C=O) groups is 1. The Morgan fingerprint density at radius 2 is 2.26 bits per heavy atom. The normalized spacial score (nSPS) is 29.3. The van der Waals surface area contributed by atoms with Crippen molar-refractivity contribution < 1.29 is 9.90 Å². The number of carbonyl (C=O) groups excluding carboxylic acids is 1. The summed E-state index contributed by atoms with van der Waals surface area (Å²) in [4.78, 5) is 14.4. The second-order valence-electron chi connectivity index (χ2n) is 5.28. The van der Waals surface area contributed by atoms with Crippen LogP contribution in [0.4, 0.5) is 0 Å². The highest BCUT2D eigenvalue weighted by Crippen LogP contribution is 2.45. The fourth-order valence-electron chi connectivity index (χ4n) is 2.88. The van der Waals surface area contributed by atoms with E-state index < -0.39 is 6.10 Å². The van der Waals surface area contributed by atoms with Gasteiger partial charge in [-0.25, -0.2) is 4.68 Å². The lowest BCUT2D eigenvalue weighted by molar-refractivity contribution is -0.135. The van der Waals surface area contributed by atoms with Crippen molar-refractivity contribution in [1.82, 2.24) is 19.9 Å². The molecule has 0 aromatic carbocycles. The Bertz CT molecular complexity index is 455. The molecule has 1 aliphatic carbocycles. The van der Waals surface area contributed by atoms with Crippen molar-refractivity contribution in [2.24, 2.45) is 0 Å². The van der Waals surface area contributed by atoms with Gasteiger partial charge in [-0.05, 0) is 25.5 Å². The molecule has 6 nitrogen and oxygen atoms in total. The van der Waals surface area contributed by atoms with Gasteiger partial charge in [-0.1, -0.05) is 5.21 Å². The Labute approximate surface area is 116 Å². The maximum Gasteiger partial charge on any atom is 0.238 e. The van der Waals surface area contributed by atoms with Gasteiger partial charge >= 0.3 is 0 Å². The minimum absolute atomic E-state index is 0.174. The smallest absolute Gasteiger partial charge is 0.238 e. The van der Waals surface area contributed by atoms with E-state index in [9.17, 15) is 9.90 Å². The van der Waals surface area contributed by atoms with Gasteiger partial charge in [0.1, 0.15) is 0 Å². The lowest BCUT2D eigenvalue weighted by atomic mass is 9.83. The number of aromatic nitrogens is 3. The quantitative estimate of drug-likeness (QED) is 0.864. The molecule has 19 heavy (non-hydrogen) atoms. The molecule has 1 aromatic heterocycles. The first kappa shape index (κ1) is 12.9. The van der Waals surface area contributed by atoms with Gasteiger partial charge in [0.2, 0.25) is 5.91 Å². The zero-order chi connectivity index (χ0) is 13.5. The second kappa shape index (κ2) is 4.79. The highest BCUT2D eigenvalue weighted by Gasteiger charge is 2.48. The van der Waals surface area contributed by atoms with E-state index in [1.165, 1.54) is 0 Å². The standard InChI is InChI=1S/C12H18N4O2S/c1-19-12(3-2-4-12)11(18)15-7-9(10(17)8-15)16-6-5-13-14-16/h5-6,9-10,17H,2-4,7-8H2,1H3/t9-,10-/m1/s1. The van der Waals surface area contributed by atoms with Crippen molar-refractivity contribution in [1.29, 1.82) is 0 Å². The number of hydrogen-bond acceptors (Lipinski definition) is 5. The number of likely N-dealkylation sites (tertiary alicyclic amines) is 1. The van der Waals surface area contributed by atoms with Crippen LogP contribution < -0.4 is 0 Å². The van der Waals surface area contributed by atoms with Gasteiger partial charge in [0.15, 0.2) is 0 Å². The molecule has 104 valence electrons. The number of hydrogen-bond donors (Lipinski definition) is 1. The van der Waals surface area contributed by atoms with E-state index >= 15 is 0 Å². The summed E-state index contributed by atoms with van der Waals surface area (Å²) < 4.78 is 1.40. The SMILES string of the molecule is CSC1(C(=O)N2C[C@@H](O)[C@H](n3ccnn3)C2)CCC1. The van der Waals surface area contributed by atoms with E-state index in [1.54, 1.807) is 33.7 Å². The van der Waals surface area contributed by atoms with E-state index in [1.807, 2.05) is 6.26 Å². The number of amides is 1. The topological polar surface area (TPSA) is 71.2 Å². The average molecular weight is 282 g/mol. The van der Waals surface area contributed by atoms with Crippen LogP contribution in [0.5, 0.6) is 0 Å². The highest BCUT2D eigenvalue weighted by atomic mass is 32.2. The predicted octanol–water partition coefficient (Wildman–Crippen LogP) is 0.308. The molecule has 2 aliphatic rings. The van der Waals surface area contributed by atoms with Crippen LogP contribution in [-0.2, 0) is 4.79 Å². The third-order valence-electron chi connectivity index (χ3n) is 4.27. The van der Waals surface area contributed by atoms with Gasteiger partial charge in [0.25, 0.3) is 0 Å². The molecule has 1 N–H and O–H groups in total. The third-order valence-corrected chi connectivity index (χ3v) is 5.63. The first-order valence-electron chi connectivity index (χ1n) is 6.55. The molecule has 1 saturated heterocycles. The summed E-state index contributed by atoms with van der Waals surface area (Å²) in [5.41, 5.74) is 0. The van der Waals surface area contributed by atoms with Crippen LogP contribution in [0.1, 0.15) is 25.3 Å². The third kappa shape index (κ3) is 2.04. The Morgan fingerprint density at radius 1 is 1.47 bits per heavy atom. The first-order chi connectivity index (χ1) is 9.16. The van der Waals surface area contributed by atoms with Crippen molar-refractivity contribution in [3.8, 4) is 0 Å². The molecule has 1 amide bonds. The van der Waals surface area contributed by atoms with E-state index in [2.05, 4.69) is 10.3 Å². The van der Waals surface area contributed by atoms with E-state index in [4.69, 9.17) is 0 Å². The van der Waals surface area contributed by atoms with Crippen LogP contribution in [0, 0.1) is 0 Å².